The Kier molecular flexibility index (Phi) is 5.40. The van der Waals surface area contributed by atoms with E-state index < -0.39 is 0 Å². The zero-order valence-electron chi connectivity index (χ0n) is 7.54. The van der Waals surface area contributed by atoms with Gasteiger partial charge in [-0.25, -0.2) is 0 Å². The summed E-state index contributed by atoms with van der Waals surface area (Å²) in [6.07, 6.45) is 2.61. The molecular formula is C9H16N2. The third-order valence-corrected chi connectivity index (χ3v) is 1.28. The van der Waals surface area contributed by atoms with E-state index in [-0.39, 0.29) is 0 Å². The van der Waals surface area contributed by atoms with Gasteiger partial charge in [0.25, 0.3) is 0 Å². The van der Waals surface area contributed by atoms with Crippen LogP contribution in [0.2, 0.25) is 0 Å². The minimum Gasteiger partial charge on any atom is -0.270 e. The standard InChI is InChI=1S/C9H16N2/c1-5-10-7-11-9(4)6-8(2)3/h7-9H,1,6H2,2-4H3/b11-7-. The fourth-order valence-electron chi connectivity index (χ4n) is 0.931. The van der Waals surface area contributed by atoms with Crippen LogP contribution in [0.5, 0.6) is 0 Å². The van der Waals surface area contributed by atoms with Gasteiger partial charge in [0.1, 0.15) is 6.34 Å². The first-order chi connectivity index (χ1) is 5.16. The van der Waals surface area contributed by atoms with Gasteiger partial charge in [-0.3, -0.25) is 4.99 Å². The summed E-state index contributed by atoms with van der Waals surface area (Å²) >= 11 is 0. The maximum absolute atomic E-state index is 4.16. The minimum absolute atomic E-state index is 0.354. The Labute approximate surface area is 68.8 Å². The van der Waals surface area contributed by atoms with Gasteiger partial charge < -0.3 is 0 Å². The summed E-state index contributed by atoms with van der Waals surface area (Å²) in [5.41, 5.74) is 0. The SMILES string of the molecule is C=C=N/C=N\C(C)CC(C)C. The minimum atomic E-state index is 0.354. The van der Waals surface area contributed by atoms with Crippen LogP contribution in [0.25, 0.3) is 0 Å². The van der Waals surface area contributed by atoms with Gasteiger partial charge in [-0.2, -0.15) is 4.99 Å². The van der Waals surface area contributed by atoms with Crippen molar-refractivity contribution < 1.29 is 0 Å². The van der Waals surface area contributed by atoms with E-state index >= 15 is 0 Å². The number of nitrogens with zero attached hydrogens (tertiary/aromatic N) is 2. The normalized spacial score (nSPS) is 13.5. The topological polar surface area (TPSA) is 24.7 Å². The molecule has 0 amide bonds. The molecule has 62 valence electrons. The maximum Gasteiger partial charge on any atom is 0.120 e. The predicted octanol–water partition coefficient (Wildman–Crippen LogP) is 2.31. The summed E-state index contributed by atoms with van der Waals surface area (Å²) < 4.78 is 0. The van der Waals surface area contributed by atoms with Gasteiger partial charge in [0.2, 0.25) is 0 Å². The summed E-state index contributed by atoms with van der Waals surface area (Å²) in [7, 11) is 0. The van der Waals surface area contributed by atoms with Crippen LogP contribution < -0.4 is 0 Å². The van der Waals surface area contributed by atoms with E-state index in [0.717, 1.165) is 6.42 Å². The monoisotopic (exact) mass is 152 g/mol. The largest absolute Gasteiger partial charge is 0.270 e. The molecule has 1 atom stereocenters. The fourth-order valence-corrected chi connectivity index (χ4v) is 0.931. The maximum atomic E-state index is 4.16. The van der Waals surface area contributed by atoms with Gasteiger partial charge in [0.15, 0.2) is 0 Å². The summed E-state index contributed by atoms with van der Waals surface area (Å²) in [6.45, 7) is 9.78. The van der Waals surface area contributed by atoms with Gasteiger partial charge in [-0.05, 0) is 31.7 Å². The van der Waals surface area contributed by atoms with E-state index in [1.54, 1.807) is 0 Å². The molecule has 1 unspecified atom stereocenters. The van der Waals surface area contributed by atoms with Gasteiger partial charge in [-0.15, -0.1) is 0 Å². The van der Waals surface area contributed by atoms with Crippen molar-refractivity contribution in [3.05, 3.63) is 6.58 Å². The third-order valence-electron chi connectivity index (χ3n) is 1.28. The average molecular weight is 152 g/mol. The Morgan fingerprint density at radius 1 is 1.45 bits per heavy atom. The summed E-state index contributed by atoms with van der Waals surface area (Å²) in [4.78, 5) is 7.83. The molecule has 0 spiro atoms. The smallest absolute Gasteiger partial charge is 0.120 e. The van der Waals surface area contributed by atoms with Crippen molar-refractivity contribution in [3.63, 3.8) is 0 Å². The lowest BCUT2D eigenvalue weighted by atomic mass is 10.1. The molecule has 0 bridgehead atoms. The van der Waals surface area contributed by atoms with Crippen LogP contribution >= 0.6 is 0 Å². The van der Waals surface area contributed by atoms with Crippen molar-refractivity contribution in [3.8, 4) is 0 Å². The molecule has 11 heavy (non-hydrogen) atoms. The van der Waals surface area contributed by atoms with E-state index in [1.807, 2.05) is 0 Å². The van der Waals surface area contributed by atoms with E-state index in [9.17, 15) is 0 Å². The van der Waals surface area contributed by atoms with Crippen LogP contribution in [-0.4, -0.2) is 18.3 Å². The molecule has 0 N–H and O–H groups in total. The molecule has 0 fully saturated rings. The summed E-state index contributed by atoms with van der Waals surface area (Å²) in [5.74, 6) is 3.09. The highest BCUT2D eigenvalue weighted by atomic mass is 14.9. The van der Waals surface area contributed by atoms with Crippen molar-refractivity contribution >= 4 is 12.2 Å². The summed E-state index contributed by atoms with van der Waals surface area (Å²) in [6, 6.07) is 0.354. The predicted molar refractivity (Wildman–Crippen MR) is 50.5 cm³/mol. The molecule has 0 aromatic heterocycles. The highest BCUT2D eigenvalue weighted by molar-refractivity contribution is 5.67. The lowest BCUT2D eigenvalue weighted by molar-refractivity contribution is 0.522. The van der Waals surface area contributed by atoms with Crippen molar-refractivity contribution in [2.24, 2.45) is 15.9 Å². The lowest BCUT2D eigenvalue weighted by Crippen LogP contribution is -2.02. The van der Waals surface area contributed by atoms with E-state index in [1.165, 1.54) is 6.34 Å². The molecule has 0 rings (SSSR count). The second-order valence-electron chi connectivity index (χ2n) is 3.03. The average Bonchev–Trinajstić information content (AvgIpc) is 1.86. The molecule has 0 aliphatic carbocycles. The van der Waals surface area contributed by atoms with Crippen molar-refractivity contribution in [2.45, 2.75) is 33.2 Å². The van der Waals surface area contributed by atoms with Crippen LogP contribution in [0, 0.1) is 5.92 Å². The zero-order valence-corrected chi connectivity index (χ0v) is 7.54. The van der Waals surface area contributed by atoms with Crippen molar-refractivity contribution in [2.75, 3.05) is 0 Å². The zero-order chi connectivity index (χ0) is 8.69. The lowest BCUT2D eigenvalue weighted by Gasteiger charge is -2.06. The first-order valence-corrected chi connectivity index (χ1v) is 3.90. The number of hydrogen-bond donors (Lipinski definition) is 0. The highest BCUT2D eigenvalue weighted by Gasteiger charge is 2.00. The van der Waals surface area contributed by atoms with Crippen LogP contribution in [-0.2, 0) is 0 Å². The molecular weight excluding hydrogens is 136 g/mol. The highest BCUT2D eigenvalue weighted by Crippen LogP contribution is 2.06. The molecule has 0 aliphatic rings. The van der Waals surface area contributed by atoms with Crippen LogP contribution in [0.4, 0.5) is 0 Å². The Bertz CT molecular complexity index is 164. The molecule has 0 aliphatic heterocycles. The van der Waals surface area contributed by atoms with Gasteiger partial charge in [-0.1, -0.05) is 13.8 Å². The number of aliphatic imine (C=N–C) groups is 2. The quantitative estimate of drug-likeness (QED) is 0.436. The Morgan fingerprint density at radius 2 is 2.09 bits per heavy atom. The molecule has 0 saturated carbocycles. The number of rotatable bonds is 4. The van der Waals surface area contributed by atoms with Gasteiger partial charge in [0.05, 0.1) is 0 Å². The molecule has 2 heteroatoms. The summed E-state index contributed by atoms with van der Waals surface area (Å²) in [5, 5.41) is 0. The van der Waals surface area contributed by atoms with Crippen LogP contribution in [0.3, 0.4) is 0 Å². The Balaban J connectivity index is 3.67. The van der Waals surface area contributed by atoms with Gasteiger partial charge >= 0.3 is 0 Å². The van der Waals surface area contributed by atoms with Crippen LogP contribution in [0.15, 0.2) is 16.6 Å². The third kappa shape index (κ3) is 7.01. The molecule has 0 saturated heterocycles. The fraction of sp³-hybridized carbons (Fsp3) is 0.667. The molecule has 0 aromatic rings. The first kappa shape index (κ1) is 10.1. The molecule has 0 aromatic carbocycles. The molecule has 0 radical (unpaired) electrons. The van der Waals surface area contributed by atoms with Crippen molar-refractivity contribution in [1.29, 1.82) is 0 Å². The number of hydrogen-bond acceptors (Lipinski definition) is 1. The van der Waals surface area contributed by atoms with E-state index in [2.05, 4.69) is 43.2 Å². The van der Waals surface area contributed by atoms with Gasteiger partial charge in [0, 0.05) is 6.04 Å². The van der Waals surface area contributed by atoms with E-state index in [0.29, 0.717) is 12.0 Å². The Hall–Kier alpha value is -0.880. The molecule has 0 heterocycles. The Morgan fingerprint density at radius 3 is 2.55 bits per heavy atom. The van der Waals surface area contributed by atoms with Crippen molar-refractivity contribution in [1.82, 2.24) is 0 Å². The van der Waals surface area contributed by atoms with Crippen LogP contribution in [0.1, 0.15) is 27.2 Å². The first-order valence-electron chi connectivity index (χ1n) is 3.90. The molecule has 2 nitrogen and oxygen atoms in total. The van der Waals surface area contributed by atoms with E-state index in [4.69, 9.17) is 0 Å². The second-order valence-corrected chi connectivity index (χ2v) is 3.03. The second kappa shape index (κ2) is 5.87.